The molecule has 1 aromatic heterocycles. The molecule has 182 valence electrons. The number of alkyl carbamates (subject to hydrolysis) is 1. The summed E-state index contributed by atoms with van der Waals surface area (Å²) in [5.74, 6) is -0.374. The van der Waals surface area contributed by atoms with E-state index < -0.39 is 17.9 Å². The minimum absolute atomic E-state index is 0.0437. The average Bonchev–Trinajstić information content (AvgIpc) is 3.10. The number of amides is 2. The first-order valence-electron chi connectivity index (χ1n) is 11.0. The zero-order valence-electron chi connectivity index (χ0n) is 18.6. The van der Waals surface area contributed by atoms with Crippen LogP contribution in [0, 0.1) is 12.3 Å². The first kappa shape index (κ1) is 23.8. The largest absolute Gasteiger partial charge is 0.573 e. The topological polar surface area (TPSA) is 93.6 Å². The molecular formula is C23H25F3N4O4. The number of benzene rings is 1. The summed E-state index contributed by atoms with van der Waals surface area (Å²) in [5, 5.41) is 2.66. The van der Waals surface area contributed by atoms with Crippen LogP contribution in [0.5, 0.6) is 5.75 Å². The Bertz CT molecular complexity index is 1020. The van der Waals surface area contributed by atoms with Crippen LogP contribution in [-0.4, -0.2) is 41.0 Å². The molecule has 2 fully saturated rings. The first-order chi connectivity index (χ1) is 16.1. The first-order valence-corrected chi connectivity index (χ1v) is 11.0. The molecule has 34 heavy (non-hydrogen) atoms. The molecule has 0 unspecified atom stereocenters. The monoisotopic (exact) mass is 478 g/mol. The minimum atomic E-state index is -4.76. The SMILES string of the molecule is Cc1cnc(CNC(=O)O[C@H]2CC[C@]3(CCN(c4ccc(OC(F)(F)F)cc4)C3=O)CC2)cn1. The molecule has 2 amide bonds. The average molecular weight is 478 g/mol. The summed E-state index contributed by atoms with van der Waals surface area (Å²) < 4.78 is 46.5. The summed E-state index contributed by atoms with van der Waals surface area (Å²) in [4.78, 5) is 35.2. The van der Waals surface area contributed by atoms with Crippen LogP contribution >= 0.6 is 0 Å². The van der Waals surface area contributed by atoms with E-state index in [1.807, 2.05) is 6.92 Å². The highest BCUT2D eigenvalue weighted by molar-refractivity contribution is 6.00. The molecule has 2 heterocycles. The number of ether oxygens (including phenoxy) is 2. The van der Waals surface area contributed by atoms with Crippen molar-refractivity contribution < 1.29 is 32.2 Å². The van der Waals surface area contributed by atoms with Crippen LogP contribution < -0.4 is 15.0 Å². The second kappa shape index (κ2) is 9.47. The molecule has 4 rings (SSSR count). The number of carbonyl (C=O) groups is 2. The Morgan fingerprint density at radius 1 is 1.15 bits per heavy atom. The van der Waals surface area contributed by atoms with Gasteiger partial charge in [0.1, 0.15) is 11.9 Å². The van der Waals surface area contributed by atoms with Gasteiger partial charge in [0.2, 0.25) is 5.91 Å². The number of hydrogen-bond acceptors (Lipinski definition) is 6. The van der Waals surface area contributed by atoms with Crippen LogP contribution in [-0.2, 0) is 16.1 Å². The van der Waals surface area contributed by atoms with Gasteiger partial charge in [0.15, 0.2) is 0 Å². The van der Waals surface area contributed by atoms with Crippen LogP contribution in [0.4, 0.5) is 23.7 Å². The van der Waals surface area contributed by atoms with E-state index in [0.717, 1.165) is 5.69 Å². The molecule has 11 heteroatoms. The van der Waals surface area contributed by atoms with Gasteiger partial charge in [-0.3, -0.25) is 14.8 Å². The van der Waals surface area contributed by atoms with Crippen molar-refractivity contribution in [2.24, 2.45) is 5.41 Å². The summed E-state index contributed by atoms with van der Waals surface area (Å²) in [5.41, 5.74) is 1.41. The van der Waals surface area contributed by atoms with Gasteiger partial charge in [-0.1, -0.05) is 0 Å². The third-order valence-electron chi connectivity index (χ3n) is 6.31. The van der Waals surface area contributed by atoms with Gasteiger partial charge >= 0.3 is 12.5 Å². The molecule has 1 aromatic carbocycles. The Morgan fingerprint density at radius 3 is 2.47 bits per heavy atom. The summed E-state index contributed by atoms with van der Waals surface area (Å²) in [6.07, 6.45) is 0.575. The number of anilines is 1. The molecule has 0 radical (unpaired) electrons. The van der Waals surface area contributed by atoms with E-state index >= 15 is 0 Å². The highest BCUT2D eigenvalue weighted by atomic mass is 19.4. The Morgan fingerprint density at radius 2 is 1.85 bits per heavy atom. The quantitative estimate of drug-likeness (QED) is 0.690. The Labute approximate surface area is 194 Å². The number of hydrogen-bond donors (Lipinski definition) is 1. The highest BCUT2D eigenvalue weighted by Crippen LogP contribution is 2.46. The van der Waals surface area contributed by atoms with Gasteiger partial charge in [-0.2, -0.15) is 0 Å². The number of aromatic nitrogens is 2. The van der Waals surface area contributed by atoms with E-state index in [1.54, 1.807) is 17.3 Å². The molecule has 1 aliphatic heterocycles. The number of alkyl halides is 3. The molecule has 1 spiro atoms. The van der Waals surface area contributed by atoms with Crippen molar-refractivity contribution in [1.29, 1.82) is 0 Å². The van der Waals surface area contributed by atoms with Crippen LogP contribution in [0.1, 0.15) is 43.5 Å². The predicted molar refractivity (Wildman–Crippen MR) is 115 cm³/mol. The molecule has 2 aromatic rings. The molecule has 0 bridgehead atoms. The number of nitrogens with zero attached hydrogens (tertiary/aromatic N) is 3. The lowest BCUT2D eigenvalue weighted by Crippen LogP contribution is -2.40. The van der Waals surface area contributed by atoms with E-state index in [1.165, 1.54) is 24.3 Å². The van der Waals surface area contributed by atoms with Crippen LogP contribution in [0.15, 0.2) is 36.7 Å². The Kier molecular flexibility index (Phi) is 6.63. The van der Waals surface area contributed by atoms with E-state index in [4.69, 9.17) is 4.74 Å². The highest BCUT2D eigenvalue weighted by Gasteiger charge is 2.49. The van der Waals surface area contributed by atoms with Crippen molar-refractivity contribution in [1.82, 2.24) is 15.3 Å². The van der Waals surface area contributed by atoms with Gasteiger partial charge in [-0.05, 0) is 63.3 Å². The zero-order valence-corrected chi connectivity index (χ0v) is 18.6. The lowest BCUT2D eigenvalue weighted by atomic mass is 9.72. The maximum Gasteiger partial charge on any atom is 0.573 e. The van der Waals surface area contributed by atoms with Gasteiger partial charge < -0.3 is 19.7 Å². The lowest BCUT2D eigenvalue weighted by Gasteiger charge is -2.35. The number of halogens is 3. The third kappa shape index (κ3) is 5.57. The fourth-order valence-corrected chi connectivity index (χ4v) is 4.49. The zero-order chi connectivity index (χ0) is 24.3. The summed E-state index contributed by atoms with van der Waals surface area (Å²) in [6.45, 7) is 2.52. The molecule has 1 aliphatic carbocycles. The van der Waals surface area contributed by atoms with Gasteiger partial charge in [0.25, 0.3) is 0 Å². The number of carbonyl (C=O) groups excluding carboxylic acids is 2. The van der Waals surface area contributed by atoms with Crippen LogP contribution in [0.25, 0.3) is 0 Å². The normalized spacial score (nSPS) is 22.6. The smallest absolute Gasteiger partial charge is 0.446 e. The van der Waals surface area contributed by atoms with Gasteiger partial charge in [-0.15, -0.1) is 13.2 Å². The molecule has 1 saturated heterocycles. The van der Waals surface area contributed by atoms with Crippen molar-refractivity contribution in [3.05, 3.63) is 48.0 Å². The fourth-order valence-electron chi connectivity index (χ4n) is 4.49. The standard InChI is InChI=1S/C23H25F3N4O4/c1-15-12-28-16(13-27-15)14-29-21(32)33-18-6-8-22(9-7-18)10-11-30(20(22)31)17-2-4-19(5-3-17)34-23(24,25)26/h2-5,12-13,18H,6-11,14H2,1H3,(H,29,32)/t18-,22+. The van der Waals surface area contributed by atoms with Crippen molar-refractivity contribution in [2.75, 3.05) is 11.4 Å². The predicted octanol–water partition coefficient (Wildman–Crippen LogP) is 4.28. The van der Waals surface area contributed by atoms with E-state index in [9.17, 15) is 22.8 Å². The lowest BCUT2D eigenvalue weighted by molar-refractivity contribution is -0.274. The van der Waals surface area contributed by atoms with Crippen molar-refractivity contribution >= 4 is 17.7 Å². The summed E-state index contributed by atoms with van der Waals surface area (Å²) in [6, 6.07) is 5.31. The van der Waals surface area contributed by atoms with Gasteiger partial charge in [0.05, 0.1) is 29.5 Å². The second-order valence-corrected chi connectivity index (χ2v) is 8.64. The van der Waals surface area contributed by atoms with Gasteiger partial charge in [-0.25, -0.2) is 4.79 Å². The molecule has 0 atom stereocenters. The number of nitrogens with one attached hydrogen (secondary N) is 1. The van der Waals surface area contributed by atoms with E-state index in [0.29, 0.717) is 50.0 Å². The Balaban J connectivity index is 1.27. The maximum atomic E-state index is 13.2. The van der Waals surface area contributed by atoms with E-state index in [2.05, 4.69) is 20.0 Å². The van der Waals surface area contributed by atoms with Crippen molar-refractivity contribution in [3.8, 4) is 5.75 Å². The second-order valence-electron chi connectivity index (χ2n) is 8.64. The van der Waals surface area contributed by atoms with Crippen molar-refractivity contribution in [3.63, 3.8) is 0 Å². The maximum absolute atomic E-state index is 13.2. The molecule has 1 N–H and O–H groups in total. The fraction of sp³-hybridized carbons (Fsp3) is 0.478. The number of aryl methyl sites for hydroxylation is 1. The van der Waals surface area contributed by atoms with Crippen LogP contribution in [0.2, 0.25) is 0 Å². The molecule has 8 nitrogen and oxygen atoms in total. The summed E-state index contributed by atoms with van der Waals surface area (Å²) in [7, 11) is 0. The minimum Gasteiger partial charge on any atom is -0.446 e. The molecule has 1 saturated carbocycles. The third-order valence-corrected chi connectivity index (χ3v) is 6.31. The van der Waals surface area contributed by atoms with Crippen LogP contribution in [0.3, 0.4) is 0 Å². The van der Waals surface area contributed by atoms with E-state index in [-0.39, 0.29) is 24.3 Å². The van der Waals surface area contributed by atoms with Gasteiger partial charge in [0, 0.05) is 18.4 Å². The number of rotatable bonds is 5. The Hall–Kier alpha value is -3.37. The summed E-state index contributed by atoms with van der Waals surface area (Å²) >= 11 is 0. The van der Waals surface area contributed by atoms with Crippen molar-refractivity contribution in [2.45, 2.75) is 58.0 Å². The molecule has 2 aliphatic rings. The molecular weight excluding hydrogens is 453 g/mol.